The highest BCUT2D eigenvalue weighted by molar-refractivity contribution is 7.99. The topological polar surface area (TPSA) is 90.6 Å². The summed E-state index contributed by atoms with van der Waals surface area (Å²) in [6.45, 7) is 0. The van der Waals surface area contributed by atoms with Crippen molar-refractivity contribution >= 4 is 35.5 Å². The summed E-state index contributed by atoms with van der Waals surface area (Å²) in [5, 5.41) is 14.0. The lowest BCUT2D eigenvalue weighted by Crippen LogP contribution is -2.20. The molecule has 0 saturated carbocycles. The molecule has 0 aliphatic rings. The van der Waals surface area contributed by atoms with Gasteiger partial charge in [0, 0.05) is 16.3 Å². The van der Waals surface area contributed by atoms with Crippen LogP contribution in [0.4, 0.5) is 0 Å². The molecular formula is C25H22ClN5O3S. The molecule has 178 valence electrons. The molecule has 0 unspecified atom stereocenters. The number of carbonyl (C=O) groups is 1. The largest absolute Gasteiger partial charge is 0.493 e. The third-order valence-electron chi connectivity index (χ3n) is 4.89. The summed E-state index contributed by atoms with van der Waals surface area (Å²) in [5.41, 5.74) is 5.04. The van der Waals surface area contributed by atoms with E-state index in [1.54, 1.807) is 38.5 Å². The zero-order valence-electron chi connectivity index (χ0n) is 19.0. The van der Waals surface area contributed by atoms with Gasteiger partial charge in [-0.3, -0.25) is 9.36 Å². The van der Waals surface area contributed by atoms with Gasteiger partial charge in [-0.2, -0.15) is 5.10 Å². The van der Waals surface area contributed by atoms with Gasteiger partial charge in [0.05, 0.1) is 26.2 Å². The fourth-order valence-electron chi connectivity index (χ4n) is 3.23. The molecule has 0 aliphatic heterocycles. The summed E-state index contributed by atoms with van der Waals surface area (Å²) in [6.07, 6.45) is 1.54. The molecule has 0 fully saturated rings. The molecule has 4 aromatic rings. The third kappa shape index (κ3) is 6.00. The summed E-state index contributed by atoms with van der Waals surface area (Å²) >= 11 is 7.31. The Morgan fingerprint density at radius 2 is 1.77 bits per heavy atom. The smallest absolute Gasteiger partial charge is 0.250 e. The molecule has 8 nitrogen and oxygen atoms in total. The number of hydrogen-bond acceptors (Lipinski definition) is 7. The zero-order valence-corrected chi connectivity index (χ0v) is 20.6. The molecule has 4 rings (SSSR count). The number of carbonyl (C=O) groups excluding carboxylic acids is 1. The van der Waals surface area contributed by atoms with Crippen LogP contribution in [0.5, 0.6) is 11.5 Å². The van der Waals surface area contributed by atoms with Crippen LogP contribution in [0, 0.1) is 0 Å². The van der Waals surface area contributed by atoms with Gasteiger partial charge in [0.25, 0.3) is 5.91 Å². The number of aromatic nitrogens is 3. The van der Waals surface area contributed by atoms with E-state index in [-0.39, 0.29) is 11.7 Å². The predicted molar refractivity (Wildman–Crippen MR) is 138 cm³/mol. The van der Waals surface area contributed by atoms with Crippen LogP contribution in [0.3, 0.4) is 0 Å². The van der Waals surface area contributed by atoms with E-state index in [1.807, 2.05) is 53.1 Å². The van der Waals surface area contributed by atoms with Crippen molar-refractivity contribution in [3.05, 3.63) is 83.4 Å². The summed E-state index contributed by atoms with van der Waals surface area (Å²) in [4.78, 5) is 12.4. The van der Waals surface area contributed by atoms with Gasteiger partial charge in [0.15, 0.2) is 22.5 Å². The first-order valence-electron chi connectivity index (χ1n) is 10.5. The van der Waals surface area contributed by atoms with Crippen LogP contribution in [-0.4, -0.2) is 46.9 Å². The minimum atomic E-state index is -0.276. The molecule has 0 spiro atoms. The first-order valence-corrected chi connectivity index (χ1v) is 11.9. The van der Waals surface area contributed by atoms with E-state index in [1.165, 1.54) is 18.0 Å². The van der Waals surface area contributed by atoms with E-state index in [0.717, 1.165) is 16.8 Å². The van der Waals surface area contributed by atoms with Crippen LogP contribution in [-0.2, 0) is 4.79 Å². The second-order valence-corrected chi connectivity index (χ2v) is 8.56. The lowest BCUT2D eigenvalue weighted by Gasteiger charge is -2.10. The summed E-state index contributed by atoms with van der Waals surface area (Å²) in [6, 6.07) is 22.5. The van der Waals surface area contributed by atoms with Gasteiger partial charge in [-0.05, 0) is 60.2 Å². The number of benzene rings is 3. The van der Waals surface area contributed by atoms with Crippen molar-refractivity contribution in [2.24, 2.45) is 5.10 Å². The molecule has 0 radical (unpaired) electrons. The van der Waals surface area contributed by atoms with Crippen LogP contribution >= 0.6 is 23.4 Å². The first-order chi connectivity index (χ1) is 17.1. The highest BCUT2D eigenvalue weighted by atomic mass is 35.5. The molecular weight excluding hydrogens is 486 g/mol. The Balaban J connectivity index is 1.46. The molecule has 1 aromatic heterocycles. The molecule has 0 atom stereocenters. The van der Waals surface area contributed by atoms with Crippen molar-refractivity contribution in [2.45, 2.75) is 5.16 Å². The number of hydrogen-bond donors (Lipinski definition) is 1. The van der Waals surface area contributed by atoms with E-state index in [4.69, 9.17) is 21.1 Å². The SMILES string of the molecule is COc1ccc(/C=N/NC(=O)CSc2nnc(-c3ccc(Cl)cc3)n2-c2ccccc2)cc1OC. The van der Waals surface area contributed by atoms with Gasteiger partial charge in [-0.15, -0.1) is 10.2 Å². The van der Waals surface area contributed by atoms with Crippen LogP contribution in [0.1, 0.15) is 5.56 Å². The monoisotopic (exact) mass is 507 g/mol. The van der Waals surface area contributed by atoms with Crippen LogP contribution in [0.2, 0.25) is 5.02 Å². The Kier molecular flexibility index (Phi) is 8.02. The van der Waals surface area contributed by atoms with E-state index in [9.17, 15) is 4.79 Å². The van der Waals surface area contributed by atoms with Crippen molar-refractivity contribution in [3.8, 4) is 28.6 Å². The maximum absolute atomic E-state index is 12.4. The number of ether oxygens (including phenoxy) is 2. The van der Waals surface area contributed by atoms with Gasteiger partial charge in [-0.1, -0.05) is 41.6 Å². The van der Waals surface area contributed by atoms with Crippen molar-refractivity contribution < 1.29 is 14.3 Å². The van der Waals surface area contributed by atoms with E-state index in [2.05, 4.69) is 20.7 Å². The fraction of sp³-hybridized carbons (Fsp3) is 0.120. The molecule has 35 heavy (non-hydrogen) atoms. The van der Waals surface area contributed by atoms with Crippen LogP contribution < -0.4 is 14.9 Å². The number of para-hydroxylation sites is 1. The second kappa shape index (κ2) is 11.5. The summed E-state index contributed by atoms with van der Waals surface area (Å²) in [7, 11) is 3.13. The number of nitrogens with one attached hydrogen (secondary N) is 1. The minimum Gasteiger partial charge on any atom is -0.493 e. The third-order valence-corrected chi connectivity index (χ3v) is 6.07. The Morgan fingerprint density at radius 1 is 1.03 bits per heavy atom. The highest BCUT2D eigenvalue weighted by Crippen LogP contribution is 2.29. The molecule has 1 heterocycles. The van der Waals surface area contributed by atoms with Gasteiger partial charge < -0.3 is 9.47 Å². The average molecular weight is 508 g/mol. The van der Waals surface area contributed by atoms with Gasteiger partial charge in [0.1, 0.15) is 0 Å². The lowest BCUT2D eigenvalue weighted by molar-refractivity contribution is -0.118. The van der Waals surface area contributed by atoms with E-state index < -0.39 is 0 Å². The Hall–Kier alpha value is -3.82. The molecule has 0 aliphatic carbocycles. The standard InChI is InChI=1S/C25H22ClN5O3S/c1-33-21-13-8-17(14-22(21)34-2)15-27-28-23(32)16-35-25-30-29-24(18-9-11-19(26)12-10-18)31(25)20-6-4-3-5-7-20/h3-15H,16H2,1-2H3,(H,28,32)/b27-15+. The minimum absolute atomic E-state index is 0.106. The summed E-state index contributed by atoms with van der Waals surface area (Å²) < 4.78 is 12.4. The first kappa shape index (κ1) is 24.3. The molecule has 1 N–H and O–H groups in total. The van der Waals surface area contributed by atoms with Gasteiger partial charge in [0.2, 0.25) is 0 Å². The maximum atomic E-state index is 12.4. The lowest BCUT2D eigenvalue weighted by atomic mass is 10.2. The zero-order chi connectivity index (χ0) is 24.6. The number of methoxy groups -OCH3 is 2. The van der Waals surface area contributed by atoms with E-state index >= 15 is 0 Å². The van der Waals surface area contributed by atoms with Gasteiger partial charge >= 0.3 is 0 Å². The van der Waals surface area contributed by atoms with Crippen molar-refractivity contribution in [3.63, 3.8) is 0 Å². The highest BCUT2D eigenvalue weighted by Gasteiger charge is 2.17. The number of hydrazone groups is 1. The maximum Gasteiger partial charge on any atom is 0.250 e. The van der Waals surface area contributed by atoms with Crippen molar-refractivity contribution in [1.82, 2.24) is 20.2 Å². The Morgan fingerprint density at radius 3 is 2.49 bits per heavy atom. The Labute approximate surface area is 211 Å². The van der Waals surface area contributed by atoms with Gasteiger partial charge in [-0.25, -0.2) is 5.43 Å². The second-order valence-electron chi connectivity index (χ2n) is 7.18. The number of nitrogens with zero attached hydrogens (tertiary/aromatic N) is 4. The average Bonchev–Trinajstić information content (AvgIpc) is 3.32. The number of amides is 1. The predicted octanol–water partition coefficient (Wildman–Crippen LogP) is 4.85. The molecule has 10 heteroatoms. The Bertz CT molecular complexity index is 1330. The van der Waals surface area contributed by atoms with Crippen LogP contribution in [0.15, 0.2) is 83.1 Å². The van der Waals surface area contributed by atoms with Crippen molar-refractivity contribution in [2.75, 3.05) is 20.0 Å². The normalized spacial score (nSPS) is 10.9. The molecule has 0 saturated heterocycles. The fourth-order valence-corrected chi connectivity index (χ4v) is 4.10. The van der Waals surface area contributed by atoms with Crippen molar-refractivity contribution in [1.29, 1.82) is 0 Å². The van der Waals surface area contributed by atoms with E-state index in [0.29, 0.717) is 27.5 Å². The number of halogens is 1. The summed E-state index contributed by atoms with van der Waals surface area (Å²) in [5.74, 6) is 1.68. The molecule has 1 amide bonds. The van der Waals surface area contributed by atoms with Crippen LogP contribution in [0.25, 0.3) is 17.1 Å². The number of rotatable bonds is 9. The quantitative estimate of drug-likeness (QED) is 0.198. The molecule has 3 aromatic carbocycles. The number of thioether (sulfide) groups is 1. The molecule has 0 bridgehead atoms.